The van der Waals surface area contributed by atoms with Crippen molar-refractivity contribution in [2.45, 2.75) is 18.9 Å². The van der Waals surface area contributed by atoms with Crippen molar-refractivity contribution in [1.29, 1.82) is 0 Å². The minimum absolute atomic E-state index is 0.378. The number of halogens is 2. The van der Waals surface area contributed by atoms with Gasteiger partial charge in [-0.2, -0.15) is 0 Å². The highest BCUT2D eigenvalue weighted by molar-refractivity contribution is 5.98. The monoisotopic (exact) mass is 280 g/mol. The first-order valence-electron chi connectivity index (χ1n) is 6.11. The lowest BCUT2D eigenvalue weighted by atomic mass is 10.0. The van der Waals surface area contributed by atoms with Crippen LogP contribution in [0.2, 0.25) is 0 Å². The summed E-state index contributed by atoms with van der Waals surface area (Å²) in [5.41, 5.74) is -0.0728. The van der Waals surface area contributed by atoms with Crippen LogP contribution in [0.1, 0.15) is 23.2 Å². The summed E-state index contributed by atoms with van der Waals surface area (Å²) < 4.78 is 27.2. The summed E-state index contributed by atoms with van der Waals surface area (Å²) in [6.45, 7) is 3.63. The molecule has 1 heterocycles. The van der Waals surface area contributed by atoms with Gasteiger partial charge in [0.1, 0.15) is 23.2 Å². The number of rotatable bonds is 2. The predicted molar refractivity (Wildman–Crippen MR) is 68.8 cm³/mol. The Morgan fingerprint density at radius 3 is 2.55 bits per heavy atom. The molecular weight excluding hydrogens is 266 g/mol. The summed E-state index contributed by atoms with van der Waals surface area (Å²) in [5.74, 6) is -3.13. The normalized spacial score (nSPS) is 18.6. The van der Waals surface area contributed by atoms with Crippen molar-refractivity contribution in [3.63, 3.8) is 0 Å². The average molecular weight is 280 g/mol. The van der Waals surface area contributed by atoms with Gasteiger partial charge in [-0.05, 0) is 25.0 Å². The predicted octanol–water partition coefficient (Wildman–Crippen LogP) is 1.83. The van der Waals surface area contributed by atoms with Gasteiger partial charge in [0.2, 0.25) is 5.91 Å². The smallest absolute Gasteiger partial charge is 0.260 e. The molecule has 1 saturated heterocycles. The van der Waals surface area contributed by atoms with Crippen LogP contribution in [0, 0.1) is 11.6 Å². The van der Waals surface area contributed by atoms with E-state index in [1.165, 1.54) is 13.1 Å². The quantitative estimate of drug-likeness (QED) is 0.898. The van der Waals surface area contributed by atoms with E-state index in [1.807, 2.05) is 0 Å². The first-order chi connectivity index (χ1) is 9.41. The van der Waals surface area contributed by atoms with Gasteiger partial charge in [0.15, 0.2) is 0 Å². The van der Waals surface area contributed by atoms with Crippen molar-refractivity contribution in [2.24, 2.45) is 0 Å². The number of nitrogens with one attached hydrogen (secondary N) is 1. The lowest BCUT2D eigenvalue weighted by Gasteiger charge is -2.31. The molecule has 1 aromatic rings. The van der Waals surface area contributed by atoms with Crippen molar-refractivity contribution in [2.75, 3.05) is 7.05 Å². The lowest BCUT2D eigenvalue weighted by molar-refractivity contribution is -0.125. The molecule has 0 saturated carbocycles. The Kier molecular flexibility index (Phi) is 3.83. The summed E-state index contributed by atoms with van der Waals surface area (Å²) in [6, 6.07) is 2.44. The fourth-order valence-corrected chi connectivity index (χ4v) is 2.15. The molecule has 20 heavy (non-hydrogen) atoms. The first kappa shape index (κ1) is 14.2. The maximum absolute atomic E-state index is 13.6. The van der Waals surface area contributed by atoms with E-state index in [0.717, 1.165) is 17.0 Å². The van der Waals surface area contributed by atoms with Crippen LogP contribution in [0.4, 0.5) is 8.78 Å². The zero-order valence-corrected chi connectivity index (χ0v) is 11.0. The van der Waals surface area contributed by atoms with E-state index in [9.17, 15) is 18.4 Å². The van der Waals surface area contributed by atoms with E-state index >= 15 is 0 Å². The van der Waals surface area contributed by atoms with Gasteiger partial charge in [0.25, 0.3) is 5.91 Å². The molecule has 1 aliphatic rings. The zero-order valence-electron chi connectivity index (χ0n) is 11.0. The Bertz CT molecular complexity index is 566. The van der Waals surface area contributed by atoms with Crippen molar-refractivity contribution < 1.29 is 18.4 Å². The van der Waals surface area contributed by atoms with Crippen LogP contribution < -0.4 is 5.32 Å². The van der Waals surface area contributed by atoms with E-state index in [0.29, 0.717) is 18.5 Å². The highest BCUT2D eigenvalue weighted by Gasteiger charge is 2.32. The number of hydrogen-bond donors (Lipinski definition) is 1. The number of likely N-dealkylation sites (N-methyl/N-ethyl adjacent to an activating group) is 1. The molecule has 2 rings (SSSR count). The topological polar surface area (TPSA) is 49.4 Å². The molecular formula is C14H14F2N2O2. The number of amides is 2. The summed E-state index contributed by atoms with van der Waals surface area (Å²) in [4.78, 5) is 25.0. The average Bonchev–Trinajstić information content (AvgIpc) is 2.37. The standard InChI is InChI=1S/C14H14F2N2O2/c1-8-6-7-11(13(19)17-8)18(2)14(20)12-9(15)4-3-5-10(12)16/h3-5,11H,1,6-7H2,2H3,(H,17,19). The van der Waals surface area contributed by atoms with Gasteiger partial charge in [-0.25, -0.2) is 8.78 Å². The van der Waals surface area contributed by atoms with Gasteiger partial charge in [0.05, 0.1) is 0 Å². The van der Waals surface area contributed by atoms with E-state index in [4.69, 9.17) is 0 Å². The van der Waals surface area contributed by atoms with Crippen molar-refractivity contribution in [1.82, 2.24) is 10.2 Å². The first-order valence-corrected chi connectivity index (χ1v) is 6.11. The van der Waals surface area contributed by atoms with Gasteiger partial charge < -0.3 is 10.2 Å². The molecule has 6 heteroatoms. The molecule has 1 atom stereocenters. The molecule has 0 aliphatic carbocycles. The molecule has 1 aromatic carbocycles. The number of carbonyl (C=O) groups excluding carboxylic acids is 2. The molecule has 0 bridgehead atoms. The second kappa shape index (κ2) is 5.40. The van der Waals surface area contributed by atoms with Gasteiger partial charge in [-0.15, -0.1) is 0 Å². The molecule has 106 valence electrons. The zero-order chi connectivity index (χ0) is 14.9. The fourth-order valence-electron chi connectivity index (χ4n) is 2.15. The second-order valence-corrected chi connectivity index (χ2v) is 4.66. The number of nitrogens with zero attached hydrogens (tertiary/aromatic N) is 1. The van der Waals surface area contributed by atoms with E-state index in [-0.39, 0.29) is 0 Å². The molecule has 1 fully saturated rings. The Morgan fingerprint density at radius 1 is 1.40 bits per heavy atom. The minimum atomic E-state index is -0.942. The van der Waals surface area contributed by atoms with Crippen LogP contribution in [0.15, 0.2) is 30.5 Å². The molecule has 1 unspecified atom stereocenters. The maximum atomic E-state index is 13.6. The van der Waals surface area contributed by atoms with Crippen LogP contribution >= 0.6 is 0 Å². The summed E-state index contributed by atoms with van der Waals surface area (Å²) in [7, 11) is 1.35. The molecule has 4 nitrogen and oxygen atoms in total. The third-order valence-corrected chi connectivity index (χ3v) is 3.29. The van der Waals surface area contributed by atoms with Crippen molar-refractivity contribution in [3.8, 4) is 0 Å². The van der Waals surface area contributed by atoms with Gasteiger partial charge in [-0.3, -0.25) is 9.59 Å². The largest absolute Gasteiger partial charge is 0.329 e. The Balaban J connectivity index is 2.25. The molecule has 0 aromatic heterocycles. The van der Waals surface area contributed by atoms with Gasteiger partial charge >= 0.3 is 0 Å². The van der Waals surface area contributed by atoms with E-state index in [2.05, 4.69) is 11.9 Å². The number of benzene rings is 1. The van der Waals surface area contributed by atoms with Crippen LogP contribution in [0.25, 0.3) is 0 Å². The third-order valence-electron chi connectivity index (χ3n) is 3.29. The van der Waals surface area contributed by atoms with E-state index in [1.54, 1.807) is 0 Å². The minimum Gasteiger partial charge on any atom is -0.329 e. The van der Waals surface area contributed by atoms with E-state index < -0.39 is 35.1 Å². The van der Waals surface area contributed by atoms with Gasteiger partial charge in [0, 0.05) is 12.7 Å². The molecule has 1 N–H and O–H groups in total. The highest BCUT2D eigenvalue weighted by Crippen LogP contribution is 2.20. The van der Waals surface area contributed by atoms with Crippen LogP contribution in [0.5, 0.6) is 0 Å². The maximum Gasteiger partial charge on any atom is 0.260 e. The van der Waals surface area contributed by atoms with Gasteiger partial charge in [-0.1, -0.05) is 12.6 Å². The Labute approximate surface area is 115 Å². The number of hydrogen-bond acceptors (Lipinski definition) is 2. The lowest BCUT2D eigenvalue weighted by Crippen LogP contribution is -2.50. The van der Waals surface area contributed by atoms with Crippen molar-refractivity contribution in [3.05, 3.63) is 47.7 Å². The van der Waals surface area contributed by atoms with Crippen LogP contribution in [-0.4, -0.2) is 29.8 Å². The summed E-state index contributed by atoms with van der Waals surface area (Å²) in [5, 5.41) is 2.53. The third kappa shape index (κ3) is 2.54. The number of allylic oxidation sites excluding steroid dienone is 1. The second-order valence-electron chi connectivity index (χ2n) is 4.66. The Hall–Kier alpha value is -2.24. The van der Waals surface area contributed by atoms with Crippen LogP contribution in [0.3, 0.4) is 0 Å². The fraction of sp³-hybridized carbons (Fsp3) is 0.286. The highest BCUT2D eigenvalue weighted by atomic mass is 19.1. The van der Waals surface area contributed by atoms with Crippen molar-refractivity contribution >= 4 is 11.8 Å². The summed E-state index contributed by atoms with van der Waals surface area (Å²) in [6.07, 6.45) is 0.900. The molecule has 1 aliphatic heterocycles. The Morgan fingerprint density at radius 2 is 2.00 bits per heavy atom. The van der Waals surface area contributed by atoms with Crippen LogP contribution in [-0.2, 0) is 4.79 Å². The molecule has 0 spiro atoms. The molecule has 0 radical (unpaired) electrons. The SMILES string of the molecule is C=C1CCC(N(C)C(=O)c2c(F)cccc2F)C(=O)N1. The number of piperidine rings is 1. The number of carbonyl (C=O) groups is 2. The molecule has 2 amide bonds. The summed E-state index contributed by atoms with van der Waals surface area (Å²) >= 11 is 0.